The van der Waals surface area contributed by atoms with Crippen molar-refractivity contribution in [3.05, 3.63) is 4.91 Å². The Morgan fingerprint density at radius 2 is 2.22 bits per heavy atom. The standard InChI is InChI=1S/C5H12N2O2/c1-2-3-7(6-9)4-5-8/h8H,2-5H2,1H3. The maximum Gasteiger partial charge on any atom is 0.0624 e. The average Bonchev–Trinajstić information content (AvgIpc) is 1.88. The van der Waals surface area contributed by atoms with Crippen molar-refractivity contribution in [1.29, 1.82) is 0 Å². The van der Waals surface area contributed by atoms with Crippen molar-refractivity contribution in [3.63, 3.8) is 0 Å². The number of aliphatic hydroxyl groups excluding tert-OH is 1. The second kappa shape index (κ2) is 5.50. The molecule has 0 spiro atoms. The minimum absolute atomic E-state index is 0.00819. The van der Waals surface area contributed by atoms with Crippen molar-refractivity contribution in [2.45, 2.75) is 13.3 Å². The molecule has 0 bridgehead atoms. The van der Waals surface area contributed by atoms with Crippen LogP contribution in [0.3, 0.4) is 0 Å². The Labute approximate surface area is 54.4 Å². The molecule has 0 aromatic heterocycles. The van der Waals surface area contributed by atoms with E-state index in [0.717, 1.165) is 6.42 Å². The average molecular weight is 132 g/mol. The topological polar surface area (TPSA) is 52.9 Å². The summed E-state index contributed by atoms with van der Waals surface area (Å²) in [4.78, 5) is 9.85. The number of nitrogens with zero attached hydrogens (tertiary/aromatic N) is 2. The molecule has 0 rings (SSSR count). The van der Waals surface area contributed by atoms with Gasteiger partial charge in [-0.15, -0.1) is 4.91 Å². The van der Waals surface area contributed by atoms with E-state index in [1.807, 2.05) is 6.92 Å². The Morgan fingerprint density at radius 3 is 2.56 bits per heavy atom. The molecule has 0 aliphatic carbocycles. The van der Waals surface area contributed by atoms with Gasteiger partial charge in [0.05, 0.1) is 18.4 Å². The fourth-order valence-corrected chi connectivity index (χ4v) is 0.567. The summed E-state index contributed by atoms with van der Waals surface area (Å²) in [5.74, 6) is 0. The zero-order valence-electron chi connectivity index (χ0n) is 5.58. The fourth-order valence-electron chi connectivity index (χ4n) is 0.567. The second-order valence-electron chi connectivity index (χ2n) is 1.76. The van der Waals surface area contributed by atoms with Crippen LogP contribution in [0.15, 0.2) is 5.29 Å². The lowest BCUT2D eigenvalue weighted by atomic mass is 10.4. The van der Waals surface area contributed by atoms with Gasteiger partial charge in [-0.25, -0.2) is 0 Å². The zero-order chi connectivity index (χ0) is 7.11. The molecule has 0 amide bonds. The Morgan fingerprint density at radius 1 is 1.56 bits per heavy atom. The highest BCUT2D eigenvalue weighted by Gasteiger charge is 1.96. The first-order chi connectivity index (χ1) is 4.35. The summed E-state index contributed by atoms with van der Waals surface area (Å²) < 4.78 is 0. The summed E-state index contributed by atoms with van der Waals surface area (Å²) in [6.07, 6.45) is 0.881. The van der Waals surface area contributed by atoms with Gasteiger partial charge in [-0.3, -0.25) is 5.01 Å². The molecule has 0 atom stereocenters. The van der Waals surface area contributed by atoms with Crippen LogP contribution in [-0.4, -0.2) is 29.8 Å². The molecule has 0 saturated heterocycles. The van der Waals surface area contributed by atoms with Crippen molar-refractivity contribution in [2.24, 2.45) is 5.29 Å². The van der Waals surface area contributed by atoms with Crippen LogP contribution in [0.25, 0.3) is 0 Å². The van der Waals surface area contributed by atoms with Crippen LogP contribution >= 0.6 is 0 Å². The van der Waals surface area contributed by atoms with E-state index in [9.17, 15) is 4.91 Å². The third-order valence-corrected chi connectivity index (χ3v) is 0.955. The highest BCUT2D eigenvalue weighted by atomic mass is 16.3. The third kappa shape index (κ3) is 3.90. The Balaban J connectivity index is 3.29. The molecule has 4 heteroatoms. The number of hydrogen-bond donors (Lipinski definition) is 1. The molecule has 0 unspecified atom stereocenters. The van der Waals surface area contributed by atoms with Crippen molar-refractivity contribution in [2.75, 3.05) is 19.7 Å². The van der Waals surface area contributed by atoms with Gasteiger partial charge in [-0.2, -0.15) is 0 Å². The molecule has 0 radical (unpaired) electrons. The van der Waals surface area contributed by atoms with E-state index in [4.69, 9.17) is 5.11 Å². The van der Waals surface area contributed by atoms with E-state index in [1.54, 1.807) is 0 Å². The molecule has 0 aliphatic rings. The highest BCUT2D eigenvalue weighted by Crippen LogP contribution is 1.89. The van der Waals surface area contributed by atoms with Gasteiger partial charge in [-0.1, -0.05) is 6.92 Å². The van der Waals surface area contributed by atoms with Crippen LogP contribution in [0.4, 0.5) is 0 Å². The Hall–Kier alpha value is -0.640. The molecule has 54 valence electrons. The van der Waals surface area contributed by atoms with Crippen LogP contribution in [0.1, 0.15) is 13.3 Å². The zero-order valence-corrected chi connectivity index (χ0v) is 5.58. The lowest BCUT2D eigenvalue weighted by molar-refractivity contribution is 0.199. The maximum atomic E-state index is 9.85. The molecule has 0 aromatic carbocycles. The normalized spacial score (nSPS) is 9.11. The predicted molar refractivity (Wildman–Crippen MR) is 34.7 cm³/mol. The molecule has 1 N–H and O–H groups in total. The first kappa shape index (κ1) is 8.36. The van der Waals surface area contributed by atoms with Gasteiger partial charge in [-0.05, 0) is 6.42 Å². The summed E-state index contributed by atoms with van der Waals surface area (Å²) in [7, 11) is 0. The van der Waals surface area contributed by atoms with Crippen LogP contribution in [0.5, 0.6) is 0 Å². The summed E-state index contributed by atoms with van der Waals surface area (Å²) in [6, 6.07) is 0. The summed E-state index contributed by atoms with van der Waals surface area (Å²) >= 11 is 0. The van der Waals surface area contributed by atoms with E-state index in [1.165, 1.54) is 5.01 Å². The largest absolute Gasteiger partial charge is 0.394 e. The van der Waals surface area contributed by atoms with Crippen LogP contribution < -0.4 is 0 Å². The van der Waals surface area contributed by atoms with Gasteiger partial charge < -0.3 is 5.11 Å². The van der Waals surface area contributed by atoms with Crippen LogP contribution in [0, 0.1) is 4.91 Å². The van der Waals surface area contributed by atoms with E-state index in [0.29, 0.717) is 13.1 Å². The minimum Gasteiger partial charge on any atom is -0.394 e. The number of aliphatic hydroxyl groups is 1. The van der Waals surface area contributed by atoms with Crippen LogP contribution in [0.2, 0.25) is 0 Å². The summed E-state index contributed by atoms with van der Waals surface area (Å²) in [5, 5.41) is 12.4. The lowest BCUT2D eigenvalue weighted by Crippen LogP contribution is -2.21. The van der Waals surface area contributed by atoms with E-state index < -0.39 is 0 Å². The summed E-state index contributed by atoms with van der Waals surface area (Å²) in [5.41, 5.74) is 0. The first-order valence-electron chi connectivity index (χ1n) is 3.04. The molecule has 0 aromatic rings. The van der Waals surface area contributed by atoms with E-state index in [2.05, 4.69) is 5.29 Å². The molecule has 0 saturated carbocycles. The van der Waals surface area contributed by atoms with Crippen molar-refractivity contribution in [3.8, 4) is 0 Å². The minimum atomic E-state index is -0.00819. The van der Waals surface area contributed by atoms with Crippen molar-refractivity contribution >= 4 is 0 Å². The summed E-state index contributed by atoms with van der Waals surface area (Å²) in [6.45, 7) is 2.92. The predicted octanol–water partition coefficient (Wildman–Crippen LogP) is 0.372. The van der Waals surface area contributed by atoms with Crippen molar-refractivity contribution < 1.29 is 5.11 Å². The lowest BCUT2D eigenvalue weighted by Gasteiger charge is -2.10. The monoisotopic (exact) mass is 132 g/mol. The molecular weight excluding hydrogens is 120 g/mol. The molecule has 0 aliphatic heterocycles. The van der Waals surface area contributed by atoms with Gasteiger partial charge in [0.2, 0.25) is 0 Å². The number of rotatable bonds is 5. The molecule has 0 heterocycles. The van der Waals surface area contributed by atoms with E-state index in [-0.39, 0.29) is 6.61 Å². The van der Waals surface area contributed by atoms with Gasteiger partial charge in [0, 0.05) is 6.54 Å². The van der Waals surface area contributed by atoms with Crippen molar-refractivity contribution in [1.82, 2.24) is 5.01 Å². The Kier molecular flexibility index (Phi) is 5.11. The molecular formula is C5H12N2O2. The van der Waals surface area contributed by atoms with Gasteiger partial charge in [0.1, 0.15) is 0 Å². The second-order valence-corrected chi connectivity index (χ2v) is 1.76. The number of nitroso groups, excluding NO2 is 1. The molecule has 0 fully saturated rings. The van der Waals surface area contributed by atoms with E-state index >= 15 is 0 Å². The maximum absolute atomic E-state index is 9.85. The quantitative estimate of drug-likeness (QED) is 0.434. The molecule has 4 nitrogen and oxygen atoms in total. The SMILES string of the molecule is CCCN(CCO)N=O. The molecule has 9 heavy (non-hydrogen) atoms. The van der Waals surface area contributed by atoms with Gasteiger partial charge >= 0.3 is 0 Å². The Bertz CT molecular complexity index is 71.4. The van der Waals surface area contributed by atoms with Gasteiger partial charge in [0.25, 0.3) is 0 Å². The first-order valence-corrected chi connectivity index (χ1v) is 3.04. The highest BCUT2D eigenvalue weighted by molar-refractivity contribution is 4.46. The third-order valence-electron chi connectivity index (χ3n) is 0.955. The van der Waals surface area contributed by atoms with Gasteiger partial charge in [0.15, 0.2) is 0 Å². The smallest absolute Gasteiger partial charge is 0.0624 e. The fraction of sp³-hybridized carbons (Fsp3) is 1.00. The van der Waals surface area contributed by atoms with Crippen LogP contribution in [-0.2, 0) is 0 Å². The number of hydrogen-bond acceptors (Lipinski definition) is 3.